The molecule has 1 unspecified atom stereocenters. The summed E-state index contributed by atoms with van der Waals surface area (Å²) < 4.78 is 4.79. The van der Waals surface area contributed by atoms with Gasteiger partial charge in [0.25, 0.3) is 6.47 Å². The highest BCUT2D eigenvalue weighted by Gasteiger charge is 2.35. The van der Waals surface area contributed by atoms with Crippen LogP contribution in [0.3, 0.4) is 0 Å². The first-order valence-electron chi connectivity index (χ1n) is 6.50. The molecule has 1 aliphatic rings. The fraction of sp³-hybridized carbons (Fsp3) is 0.923. The lowest BCUT2D eigenvalue weighted by atomic mass is 9.84. The van der Waals surface area contributed by atoms with Crippen molar-refractivity contribution in [2.45, 2.75) is 46.2 Å². The number of carbonyl (C=O) groups excluding carboxylic acids is 1. The van der Waals surface area contributed by atoms with E-state index in [0.29, 0.717) is 30.6 Å². The molecule has 1 saturated heterocycles. The van der Waals surface area contributed by atoms with E-state index in [1.54, 1.807) is 0 Å². The van der Waals surface area contributed by atoms with Crippen molar-refractivity contribution in [3.8, 4) is 0 Å². The van der Waals surface area contributed by atoms with Gasteiger partial charge in [0.1, 0.15) is 6.61 Å². The summed E-state index contributed by atoms with van der Waals surface area (Å²) in [5.74, 6) is 0. The van der Waals surface area contributed by atoms with Crippen molar-refractivity contribution in [3.63, 3.8) is 0 Å². The molecule has 1 fully saturated rings. The average Bonchev–Trinajstić information content (AvgIpc) is 2.56. The van der Waals surface area contributed by atoms with Crippen LogP contribution in [0.1, 0.15) is 34.1 Å². The number of nitrogens with one attached hydrogen (secondary N) is 1. The van der Waals surface area contributed by atoms with Crippen LogP contribution in [0.4, 0.5) is 0 Å². The zero-order valence-electron chi connectivity index (χ0n) is 11.5. The lowest BCUT2D eigenvalue weighted by Gasteiger charge is -2.34. The van der Waals surface area contributed by atoms with Gasteiger partial charge in [0.05, 0.1) is 0 Å². The van der Waals surface area contributed by atoms with E-state index in [4.69, 9.17) is 4.74 Å². The molecule has 1 atom stereocenters. The molecular formula is C13H26N2O2. The van der Waals surface area contributed by atoms with E-state index in [9.17, 15) is 4.79 Å². The number of rotatable bonds is 7. The molecule has 1 N–H and O–H groups in total. The highest BCUT2D eigenvalue weighted by Crippen LogP contribution is 2.30. The molecule has 0 radical (unpaired) electrons. The van der Waals surface area contributed by atoms with E-state index >= 15 is 0 Å². The maximum absolute atomic E-state index is 10.2. The minimum atomic E-state index is 0.360. The van der Waals surface area contributed by atoms with Gasteiger partial charge in [-0.15, -0.1) is 0 Å². The fourth-order valence-electron chi connectivity index (χ4n) is 2.34. The Morgan fingerprint density at radius 1 is 1.53 bits per heavy atom. The van der Waals surface area contributed by atoms with Gasteiger partial charge in [-0.1, -0.05) is 13.8 Å². The zero-order valence-corrected chi connectivity index (χ0v) is 11.5. The zero-order chi connectivity index (χ0) is 12.9. The second-order valence-corrected chi connectivity index (χ2v) is 5.80. The van der Waals surface area contributed by atoms with Crippen LogP contribution in [0, 0.1) is 5.41 Å². The molecule has 1 aliphatic heterocycles. The minimum absolute atomic E-state index is 0.360. The maximum Gasteiger partial charge on any atom is 0.293 e. The van der Waals surface area contributed by atoms with Gasteiger partial charge in [-0.3, -0.25) is 9.69 Å². The average molecular weight is 242 g/mol. The van der Waals surface area contributed by atoms with Crippen LogP contribution >= 0.6 is 0 Å². The van der Waals surface area contributed by atoms with Crippen molar-refractivity contribution in [3.05, 3.63) is 0 Å². The van der Waals surface area contributed by atoms with Crippen molar-refractivity contribution in [2.24, 2.45) is 5.41 Å². The van der Waals surface area contributed by atoms with Crippen LogP contribution in [0.15, 0.2) is 0 Å². The molecule has 0 amide bonds. The molecule has 0 aromatic carbocycles. The predicted octanol–water partition coefficient (Wildman–Crippen LogP) is 1.26. The van der Waals surface area contributed by atoms with Crippen molar-refractivity contribution >= 4 is 6.47 Å². The Bertz CT molecular complexity index is 242. The largest absolute Gasteiger partial charge is 0.467 e. The Morgan fingerprint density at radius 3 is 2.71 bits per heavy atom. The molecule has 0 spiro atoms. The normalized spacial score (nSPS) is 23.3. The minimum Gasteiger partial charge on any atom is -0.467 e. The lowest BCUT2D eigenvalue weighted by molar-refractivity contribution is -0.129. The van der Waals surface area contributed by atoms with Crippen LogP contribution in [-0.4, -0.2) is 49.7 Å². The van der Waals surface area contributed by atoms with Gasteiger partial charge < -0.3 is 10.1 Å². The molecule has 1 rings (SSSR count). The Balaban J connectivity index is 2.45. The van der Waals surface area contributed by atoms with E-state index in [2.05, 4.69) is 37.9 Å². The highest BCUT2D eigenvalue weighted by molar-refractivity contribution is 5.36. The Labute approximate surface area is 105 Å². The molecule has 0 aromatic heterocycles. The molecule has 1 heterocycles. The third kappa shape index (κ3) is 4.28. The fourth-order valence-corrected chi connectivity index (χ4v) is 2.34. The van der Waals surface area contributed by atoms with Gasteiger partial charge in [0, 0.05) is 25.2 Å². The first kappa shape index (κ1) is 14.5. The summed E-state index contributed by atoms with van der Waals surface area (Å²) in [5, 5.41) is 3.57. The van der Waals surface area contributed by atoms with Crippen LogP contribution in [0.25, 0.3) is 0 Å². The lowest BCUT2D eigenvalue weighted by Crippen LogP contribution is -2.47. The third-order valence-electron chi connectivity index (χ3n) is 3.82. The quantitative estimate of drug-likeness (QED) is 0.539. The molecular weight excluding hydrogens is 216 g/mol. The van der Waals surface area contributed by atoms with Gasteiger partial charge in [-0.05, 0) is 32.2 Å². The third-order valence-corrected chi connectivity index (χ3v) is 3.82. The first-order valence-corrected chi connectivity index (χ1v) is 6.50. The molecule has 0 bridgehead atoms. The summed E-state index contributed by atoms with van der Waals surface area (Å²) in [4.78, 5) is 12.5. The smallest absolute Gasteiger partial charge is 0.293 e. The molecule has 17 heavy (non-hydrogen) atoms. The van der Waals surface area contributed by atoms with E-state index < -0.39 is 0 Å². The molecule has 0 aromatic rings. The van der Waals surface area contributed by atoms with Crippen LogP contribution in [0.2, 0.25) is 0 Å². The molecule has 4 heteroatoms. The molecule has 4 nitrogen and oxygen atoms in total. The van der Waals surface area contributed by atoms with Gasteiger partial charge in [-0.25, -0.2) is 0 Å². The standard InChI is InChI=1S/C13H26N2O2/c1-11(2)15(7-8-17-10-16)9-12-13(3,4)5-6-14-12/h10-12,14H,5-9H2,1-4H3. The Hall–Kier alpha value is -0.610. The van der Waals surface area contributed by atoms with Crippen molar-refractivity contribution in [1.29, 1.82) is 0 Å². The molecule has 0 aliphatic carbocycles. The monoisotopic (exact) mass is 242 g/mol. The van der Waals surface area contributed by atoms with Crippen LogP contribution < -0.4 is 5.32 Å². The van der Waals surface area contributed by atoms with Gasteiger partial charge in [-0.2, -0.15) is 0 Å². The first-order chi connectivity index (χ1) is 7.97. The predicted molar refractivity (Wildman–Crippen MR) is 68.9 cm³/mol. The summed E-state index contributed by atoms with van der Waals surface area (Å²) in [6, 6.07) is 1.00. The number of nitrogens with zero attached hydrogens (tertiary/aromatic N) is 1. The van der Waals surface area contributed by atoms with E-state index in [1.807, 2.05) is 0 Å². The number of hydrogen-bond donors (Lipinski definition) is 1. The van der Waals surface area contributed by atoms with Gasteiger partial charge in [0.2, 0.25) is 0 Å². The van der Waals surface area contributed by atoms with E-state index in [0.717, 1.165) is 19.6 Å². The number of carbonyl (C=O) groups is 1. The maximum atomic E-state index is 10.2. The van der Waals surface area contributed by atoms with Crippen LogP contribution in [0.5, 0.6) is 0 Å². The second-order valence-electron chi connectivity index (χ2n) is 5.80. The van der Waals surface area contributed by atoms with Crippen molar-refractivity contribution in [1.82, 2.24) is 10.2 Å². The summed E-state index contributed by atoms with van der Waals surface area (Å²) in [6.07, 6.45) is 1.23. The van der Waals surface area contributed by atoms with Crippen molar-refractivity contribution in [2.75, 3.05) is 26.2 Å². The number of ether oxygens (including phenoxy) is 1. The summed E-state index contributed by atoms with van der Waals surface area (Å²) in [6.45, 7) is 12.9. The van der Waals surface area contributed by atoms with E-state index in [-0.39, 0.29) is 0 Å². The van der Waals surface area contributed by atoms with Crippen LogP contribution in [-0.2, 0) is 9.53 Å². The SMILES string of the molecule is CC(C)N(CCOC=O)CC1NCCC1(C)C. The molecule has 0 saturated carbocycles. The summed E-state index contributed by atoms with van der Waals surface area (Å²) in [7, 11) is 0. The summed E-state index contributed by atoms with van der Waals surface area (Å²) >= 11 is 0. The van der Waals surface area contributed by atoms with Gasteiger partial charge >= 0.3 is 0 Å². The second kappa shape index (κ2) is 6.36. The highest BCUT2D eigenvalue weighted by atomic mass is 16.5. The van der Waals surface area contributed by atoms with Crippen molar-refractivity contribution < 1.29 is 9.53 Å². The summed E-state index contributed by atoms with van der Waals surface area (Å²) in [5.41, 5.74) is 0.360. The Morgan fingerprint density at radius 2 is 2.24 bits per heavy atom. The topological polar surface area (TPSA) is 41.6 Å². The van der Waals surface area contributed by atoms with Gasteiger partial charge in [0.15, 0.2) is 0 Å². The Kier molecular flexibility index (Phi) is 5.40. The number of hydrogen-bond acceptors (Lipinski definition) is 4. The molecule has 100 valence electrons. The van der Waals surface area contributed by atoms with E-state index in [1.165, 1.54) is 6.42 Å².